The predicted octanol–water partition coefficient (Wildman–Crippen LogP) is 7.69. The van der Waals surface area contributed by atoms with Gasteiger partial charge in [-0.3, -0.25) is 0 Å². The summed E-state index contributed by atoms with van der Waals surface area (Å²) in [5.74, 6) is 0. The van der Waals surface area contributed by atoms with Crippen molar-refractivity contribution in [1.29, 1.82) is 0 Å². The van der Waals surface area contributed by atoms with Crippen molar-refractivity contribution in [1.82, 2.24) is 0 Å². The second kappa shape index (κ2) is 8.24. The van der Waals surface area contributed by atoms with Crippen LogP contribution in [0.15, 0.2) is 97.2 Å². The molecule has 1 nitrogen and oxygen atoms in total. The number of allylic oxidation sites excluding steroid dienone is 1. The van der Waals surface area contributed by atoms with E-state index in [0.29, 0.717) is 0 Å². The van der Waals surface area contributed by atoms with Gasteiger partial charge in [-0.1, -0.05) is 92.7 Å². The first-order chi connectivity index (χ1) is 15.7. The van der Waals surface area contributed by atoms with Crippen molar-refractivity contribution in [2.75, 3.05) is 0 Å². The predicted molar refractivity (Wildman–Crippen MR) is 135 cm³/mol. The summed E-state index contributed by atoms with van der Waals surface area (Å²) in [7, 11) is 0. The minimum absolute atomic E-state index is 0.100. The minimum atomic E-state index is -0.100. The molecular formula is C31H30N+. The van der Waals surface area contributed by atoms with Gasteiger partial charge >= 0.3 is 0 Å². The van der Waals surface area contributed by atoms with E-state index in [1.165, 1.54) is 44.6 Å². The Hall–Kier alpha value is -3.45. The Balaban J connectivity index is 1.85. The molecule has 0 saturated heterocycles. The van der Waals surface area contributed by atoms with E-state index in [9.17, 15) is 0 Å². The molecule has 1 aromatic heterocycles. The van der Waals surface area contributed by atoms with Crippen LogP contribution < -0.4 is 4.57 Å². The summed E-state index contributed by atoms with van der Waals surface area (Å²) in [5, 5.41) is 0. The molecule has 158 valence electrons. The highest BCUT2D eigenvalue weighted by molar-refractivity contribution is 5.92. The Bertz CT molecular complexity index is 1280. The molecular weight excluding hydrogens is 386 g/mol. The smallest absolute Gasteiger partial charge is 0.188 e. The van der Waals surface area contributed by atoms with Gasteiger partial charge in [0.1, 0.15) is 0 Å². The summed E-state index contributed by atoms with van der Waals surface area (Å²) in [4.78, 5) is 0. The number of aryl methyl sites for hydroxylation is 1. The first kappa shape index (κ1) is 20.5. The fourth-order valence-corrected chi connectivity index (χ4v) is 5.36. The Morgan fingerprint density at radius 2 is 1.31 bits per heavy atom. The topological polar surface area (TPSA) is 3.88 Å². The molecule has 32 heavy (non-hydrogen) atoms. The van der Waals surface area contributed by atoms with Gasteiger partial charge in [-0.2, -0.15) is 4.57 Å². The number of hydrogen-bond donors (Lipinski definition) is 0. The molecule has 0 unspecified atom stereocenters. The largest absolute Gasteiger partial charge is 0.214 e. The van der Waals surface area contributed by atoms with Crippen LogP contribution in [0.4, 0.5) is 0 Å². The van der Waals surface area contributed by atoms with Crippen molar-refractivity contribution in [2.24, 2.45) is 0 Å². The molecule has 3 aromatic carbocycles. The van der Waals surface area contributed by atoms with Crippen LogP contribution in [0.1, 0.15) is 43.4 Å². The highest BCUT2D eigenvalue weighted by atomic mass is 15.1. The molecule has 0 N–H and O–H groups in total. The number of aromatic nitrogens is 1. The summed E-state index contributed by atoms with van der Waals surface area (Å²) < 4.78 is 2.57. The summed E-state index contributed by atoms with van der Waals surface area (Å²) in [6.45, 7) is 6.89. The second-order valence-corrected chi connectivity index (χ2v) is 8.74. The van der Waals surface area contributed by atoms with Crippen LogP contribution >= 0.6 is 0 Å². The van der Waals surface area contributed by atoms with Gasteiger partial charge in [0, 0.05) is 30.0 Å². The van der Waals surface area contributed by atoms with Crippen molar-refractivity contribution < 1.29 is 4.57 Å². The number of pyridine rings is 1. The number of hydrogen-bond acceptors (Lipinski definition) is 0. The monoisotopic (exact) mass is 416 g/mol. The zero-order chi connectivity index (χ0) is 22.1. The number of fused-ring (bicyclic) bond motifs is 3. The zero-order valence-electron chi connectivity index (χ0n) is 19.2. The van der Waals surface area contributed by atoms with Crippen LogP contribution in [-0.2, 0) is 5.54 Å². The van der Waals surface area contributed by atoms with E-state index in [4.69, 9.17) is 0 Å². The molecule has 5 rings (SSSR count). The highest BCUT2D eigenvalue weighted by Crippen LogP contribution is 2.46. The normalized spacial score (nSPS) is 15.3. The molecule has 0 fully saturated rings. The molecule has 0 spiro atoms. The van der Waals surface area contributed by atoms with E-state index in [0.717, 1.165) is 12.8 Å². The lowest BCUT2D eigenvalue weighted by atomic mass is 9.74. The summed E-state index contributed by atoms with van der Waals surface area (Å²) in [5.41, 5.74) is 10.4. The van der Waals surface area contributed by atoms with E-state index in [1.807, 2.05) is 0 Å². The van der Waals surface area contributed by atoms with E-state index in [2.05, 4.69) is 129 Å². The van der Waals surface area contributed by atoms with Gasteiger partial charge in [0.15, 0.2) is 11.7 Å². The van der Waals surface area contributed by atoms with Crippen LogP contribution in [-0.4, -0.2) is 0 Å². The lowest BCUT2D eigenvalue weighted by Gasteiger charge is -2.36. The minimum Gasteiger partial charge on any atom is -0.188 e. The Labute approximate surface area is 191 Å². The summed E-state index contributed by atoms with van der Waals surface area (Å²) >= 11 is 0. The molecule has 0 amide bonds. The van der Waals surface area contributed by atoms with Crippen molar-refractivity contribution >= 4 is 11.6 Å². The maximum Gasteiger partial charge on any atom is 0.214 e. The number of rotatable bonds is 4. The number of nitrogens with zero attached hydrogens (tertiary/aromatic N) is 1. The average Bonchev–Trinajstić information content (AvgIpc) is 2.85. The third-order valence-corrected chi connectivity index (χ3v) is 7.12. The van der Waals surface area contributed by atoms with Gasteiger partial charge in [0.05, 0.1) is 5.56 Å². The molecule has 1 aliphatic rings. The van der Waals surface area contributed by atoms with Gasteiger partial charge < -0.3 is 0 Å². The van der Waals surface area contributed by atoms with Crippen LogP contribution in [0.5, 0.6) is 0 Å². The third kappa shape index (κ3) is 3.20. The van der Waals surface area contributed by atoms with Crippen LogP contribution in [0.25, 0.3) is 34.0 Å². The quantitative estimate of drug-likeness (QED) is 0.300. The van der Waals surface area contributed by atoms with Crippen molar-refractivity contribution in [3.63, 3.8) is 0 Å². The Morgan fingerprint density at radius 3 is 1.97 bits per heavy atom. The molecule has 4 aromatic rings. The number of benzene rings is 3. The standard InChI is InChI=1S/C31H30N/c1-4-31(5-2)29(21-24-14-8-6-9-15-24)26-18-12-13-19-27(26)30-20-23(3)28(22-32(30)31)25-16-10-7-11-17-25/h6-22H,4-5H2,1-3H3/q+1. The van der Waals surface area contributed by atoms with E-state index in [-0.39, 0.29) is 5.54 Å². The maximum atomic E-state index is 2.57. The highest BCUT2D eigenvalue weighted by Gasteiger charge is 2.47. The van der Waals surface area contributed by atoms with Crippen LogP contribution in [0, 0.1) is 6.92 Å². The van der Waals surface area contributed by atoms with Crippen LogP contribution in [0.2, 0.25) is 0 Å². The average molecular weight is 417 g/mol. The molecule has 1 heteroatoms. The zero-order valence-corrected chi connectivity index (χ0v) is 19.2. The SMILES string of the molecule is CCC1(CC)C(=Cc2ccccc2)c2ccccc2-c2cc(C)c(-c3ccccc3)c[n+]21. The molecule has 0 atom stereocenters. The maximum absolute atomic E-state index is 2.57. The van der Waals surface area contributed by atoms with E-state index in [1.54, 1.807) is 0 Å². The molecule has 0 bridgehead atoms. The van der Waals surface area contributed by atoms with Crippen molar-refractivity contribution in [2.45, 2.75) is 39.2 Å². The fourth-order valence-electron chi connectivity index (χ4n) is 5.36. The molecule has 1 aliphatic heterocycles. The van der Waals surface area contributed by atoms with Crippen molar-refractivity contribution in [3.8, 4) is 22.4 Å². The van der Waals surface area contributed by atoms with E-state index < -0.39 is 0 Å². The Kier molecular flexibility index (Phi) is 5.27. The van der Waals surface area contributed by atoms with Gasteiger partial charge in [-0.25, -0.2) is 0 Å². The second-order valence-electron chi connectivity index (χ2n) is 8.74. The fraction of sp³-hybridized carbons (Fsp3) is 0.194. The first-order valence-electron chi connectivity index (χ1n) is 11.7. The molecule has 0 aliphatic carbocycles. The van der Waals surface area contributed by atoms with Gasteiger partial charge in [0.25, 0.3) is 0 Å². The van der Waals surface area contributed by atoms with Gasteiger partial charge in [-0.15, -0.1) is 0 Å². The molecule has 0 radical (unpaired) electrons. The lowest BCUT2D eigenvalue weighted by Crippen LogP contribution is -2.59. The third-order valence-electron chi connectivity index (χ3n) is 7.12. The summed E-state index contributed by atoms with van der Waals surface area (Å²) in [6, 6.07) is 32.8. The van der Waals surface area contributed by atoms with Crippen LogP contribution in [0.3, 0.4) is 0 Å². The lowest BCUT2D eigenvalue weighted by molar-refractivity contribution is -0.741. The van der Waals surface area contributed by atoms with Gasteiger partial charge in [-0.05, 0) is 41.3 Å². The van der Waals surface area contributed by atoms with E-state index >= 15 is 0 Å². The molecule has 2 heterocycles. The first-order valence-corrected chi connectivity index (χ1v) is 11.7. The van der Waals surface area contributed by atoms with Gasteiger partial charge in [0.2, 0.25) is 5.69 Å². The molecule has 0 saturated carbocycles. The van der Waals surface area contributed by atoms with Crippen molar-refractivity contribution in [3.05, 3.63) is 114 Å². The summed E-state index contributed by atoms with van der Waals surface area (Å²) in [6.07, 6.45) is 6.88. The Morgan fingerprint density at radius 1 is 0.719 bits per heavy atom.